The summed E-state index contributed by atoms with van der Waals surface area (Å²) in [5.74, 6) is 0. The normalized spacial score (nSPS) is 10.1. The average Bonchev–Trinajstić information content (AvgIpc) is 2.47. The van der Waals surface area contributed by atoms with E-state index in [1.807, 2.05) is 24.3 Å². The van der Waals surface area contributed by atoms with Gasteiger partial charge in [-0.05, 0) is 12.1 Å². The van der Waals surface area contributed by atoms with Gasteiger partial charge in [0.25, 0.3) is 5.19 Å². The van der Waals surface area contributed by atoms with Crippen molar-refractivity contribution in [1.82, 2.24) is 4.98 Å². The van der Waals surface area contributed by atoms with E-state index in [2.05, 4.69) is 4.98 Å². The van der Waals surface area contributed by atoms with Crippen LogP contribution in [0.2, 0.25) is 0 Å². The summed E-state index contributed by atoms with van der Waals surface area (Å²) in [7, 11) is 0.637. The summed E-state index contributed by atoms with van der Waals surface area (Å²) in [4.78, 5) is 4.11. The number of hydrogen-bond donors (Lipinski definition) is 1. The number of thiazole rings is 1. The number of benzene rings is 1. The average molecular weight is 178 g/mol. The molecule has 0 aliphatic rings. The first kappa shape index (κ1) is 7.58. The van der Waals surface area contributed by atoms with Crippen molar-refractivity contribution in [2.45, 2.75) is 0 Å². The molecule has 2 aromatic rings. The Hall–Kier alpha value is -1.07. The number of fused-ring (bicyclic) bond motifs is 1. The van der Waals surface area contributed by atoms with E-state index >= 15 is 0 Å². The van der Waals surface area contributed by atoms with Crippen molar-refractivity contribution in [3.63, 3.8) is 0 Å². The molecule has 12 heavy (non-hydrogen) atoms. The van der Waals surface area contributed by atoms with Crippen LogP contribution in [0.15, 0.2) is 24.3 Å². The second-order valence-corrected chi connectivity index (χ2v) is 3.16. The highest BCUT2D eigenvalue weighted by Gasteiger charge is 2.02. The second-order valence-electron chi connectivity index (χ2n) is 2.17. The van der Waals surface area contributed by atoms with Gasteiger partial charge in [-0.2, -0.15) is 0 Å². The van der Waals surface area contributed by atoms with Crippen LogP contribution in [0.1, 0.15) is 0 Å². The molecule has 0 atom stereocenters. The van der Waals surface area contributed by atoms with Crippen molar-refractivity contribution in [2.24, 2.45) is 0 Å². The zero-order valence-corrected chi connectivity index (χ0v) is 6.91. The molecule has 1 radical (unpaired) electrons. The highest BCUT2D eigenvalue weighted by molar-refractivity contribution is 7.20. The van der Waals surface area contributed by atoms with E-state index < -0.39 is 0 Å². The predicted molar refractivity (Wildman–Crippen MR) is 48.2 cm³/mol. The molecule has 1 aromatic carbocycles. The lowest BCUT2D eigenvalue weighted by Gasteiger charge is -1.89. The minimum Gasteiger partial charge on any atom is -0.515 e. The van der Waals surface area contributed by atoms with Gasteiger partial charge in [0.15, 0.2) is 0 Å². The number of aromatic nitrogens is 1. The van der Waals surface area contributed by atoms with Crippen LogP contribution in [-0.2, 0) is 0 Å². The molecule has 1 aromatic heterocycles. The zero-order chi connectivity index (χ0) is 8.39. The number of nitrogens with zero attached hydrogens (tertiary/aromatic N) is 1. The van der Waals surface area contributed by atoms with Gasteiger partial charge >= 0.3 is 7.69 Å². The Labute approximate surface area is 73.9 Å². The van der Waals surface area contributed by atoms with Crippen LogP contribution < -0.4 is 4.65 Å². The lowest BCUT2D eigenvalue weighted by Crippen LogP contribution is -1.98. The van der Waals surface area contributed by atoms with E-state index in [-0.39, 0.29) is 0 Å². The topological polar surface area (TPSA) is 42.4 Å². The Morgan fingerprint density at radius 1 is 1.42 bits per heavy atom. The van der Waals surface area contributed by atoms with Crippen LogP contribution in [0, 0.1) is 0 Å². The Balaban J connectivity index is 2.47. The van der Waals surface area contributed by atoms with Crippen molar-refractivity contribution in [3.05, 3.63) is 24.3 Å². The summed E-state index contributed by atoms with van der Waals surface area (Å²) in [6, 6.07) is 7.70. The van der Waals surface area contributed by atoms with Crippen molar-refractivity contribution in [2.75, 3.05) is 0 Å². The van der Waals surface area contributed by atoms with Crippen LogP contribution in [0.4, 0.5) is 0 Å². The molecule has 0 aliphatic heterocycles. The van der Waals surface area contributed by atoms with Crippen LogP contribution in [0.5, 0.6) is 5.19 Å². The summed E-state index contributed by atoms with van der Waals surface area (Å²) in [5, 5.41) is 8.82. The number of rotatable bonds is 2. The van der Waals surface area contributed by atoms with Crippen LogP contribution in [-0.4, -0.2) is 17.7 Å². The molecule has 3 nitrogen and oxygen atoms in total. The molecule has 0 unspecified atom stereocenters. The van der Waals surface area contributed by atoms with Crippen LogP contribution in [0.3, 0.4) is 0 Å². The molecule has 2 rings (SSSR count). The molecule has 0 amide bonds. The predicted octanol–water partition coefficient (Wildman–Crippen LogP) is 1.20. The zero-order valence-electron chi connectivity index (χ0n) is 6.10. The number of para-hydroxylation sites is 1. The monoisotopic (exact) mass is 178 g/mol. The van der Waals surface area contributed by atoms with Gasteiger partial charge in [0.2, 0.25) is 0 Å². The summed E-state index contributed by atoms with van der Waals surface area (Å²) in [5.41, 5.74) is 0.888. The standard InChI is InChI=1S/C7H5BNO2S/c10-8-11-7-9-5-3-1-2-4-6(5)12-7/h1-4,10H. The molecule has 1 heterocycles. The third-order valence-electron chi connectivity index (χ3n) is 1.43. The highest BCUT2D eigenvalue weighted by atomic mass is 32.1. The first-order valence-corrected chi connectivity index (χ1v) is 4.20. The van der Waals surface area contributed by atoms with Gasteiger partial charge < -0.3 is 9.68 Å². The molecule has 0 saturated heterocycles. The third kappa shape index (κ3) is 1.28. The molecule has 1 N–H and O–H groups in total. The summed E-state index contributed by atoms with van der Waals surface area (Å²) in [6.45, 7) is 0. The first-order valence-electron chi connectivity index (χ1n) is 3.38. The molecule has 0 spiro atoms. The van der Waals surface area contributed by atoms with Crippen LogP contribution >= 0.6 is 11.3 Å². The molecule has 0 saturated carbocycles. The van der Waals surface area contributed by atoms with Gasteiger partial charge in [-0.3, -0.25) is 0 Å². The van der Waals surface area contributed by atoms with Gasteiger partial charge in [0.05, 0.1) is 10.2 Å². The summed E-state index contributed by atoms with van der Waals surface area (Å²) >= 11 is 1.40. The quantitative estimate of drug-likeness (QED) is 0.702. The fourth-order valence-corrected chi connectivity index (χ4v) is 1.73. The van der Waals surface area contributed by atoms with Crippen LogP contribution in [0.25, 0.3) is 10.2 Å². The van der Waals surface area contributed by atoms with Crippen molar-refractivity contribution >= 4 is 29.2 Å². The SMILES string of the molecule is O[B]Oc1nc2ccccc2s1. The first-order chi connectivity index (χ1) is 5.90. The van der Waals surface area contributed by atoms with E-state index in [1.54, 1.807) is 0 Å². The van der Waals surface area contributed by atoms with Gasteiger partial charge in [-0.1, -0.05) is 23.5 Å². The smallest absolute Gasteiger partial charge is 0.515 e. The molecule has 0 aliphatic carbocycles. The molecule has 59 valence electrons. The van der Waals surface area contributed by atoms with Crippen molar-refractivity contribution in [3.8, 4) is 5.19 Å². The Morgan fingerprint density at radius 2 is 2.25 bits per heavy atom. The minimum absolute atomic E-state index is 0.457. The Morgan fingerprint density at radius 3 is 3.00 bits per heavy atom. The Bertz CT molecular complexity index is 357. The maximum absolute atomic E-state index is 8.36. The van der Waals surface area contributed by atoms with E-state index in [1.165, 1.54) is 11.3 Å². The van der Waals surface area contributed by atoms with Gasteiger partial charge in [-0.15, -0.1) is 0 Å². The van der Waals surface area contributed by atoms with Gasteiger partial charge in [0, 0.05) is 0 Å². The van der Waals surface area contributed by atoms with E-state index in [0.717, 1.165) is 10.2 Å². The largest absolute Gasteiger partial charge is 0.571 e. The van der Waals surface area contributed by atoms with E-state index in [4.69, 9.17) is 9.68 Å². The third-order valence-corrected chi connectivity index (χ3v) is 2.36. The lowest BCUT2D eigenvalue weighted by molar-refractivity contribution is 0.452. The summed E-state index contributed by atoms with van der Waals surface area (Å²) in [6.07, 6.45) is 0. The second kappa shape index (κ2) is 3.12. The molecule has 0 bridgehead atoms. The molecule has 5 heteroatoms. The number of hydrogen-bond acceptors (Lipinski definition) is 4. The summed E-state index contributed by atoms with van der Waals surface area (Å²) < 4.78 is 5.78. The molecular formula is C7H5BNO2S. The van der Waals surface area contributed by atoms with E-state index in [9.17, 15) is 0 Å². The van der Waals surface area contributed by atoms with Crippen molar-refractivity contribution < 1.29 is 9.68 Å². The van der Waals surface area contributed by atoms with E-state index in [0.29, 0.717) is 12.9 Å². The highest BCUT2D eigenvalue weighted by Crippen LogP contribution is 2.26. The van der Waals surface area contributed by atoms with Gasteiger partial charge in [-0.25, -0.2) is 4.98 Å². The Kier molecular flexibility index (Phi) is 1.97. The maximum Gasteiger partial charge on any atom is 0.571 e. The molecule has 0 fully saturated rings. The molecular weight excluding hydrogens is 173 g/mol. The maximum atomic E-state index is 8.36. The van der Waals surface area contributed by atoms with Crippen molar-refractivity contribution in [1.29, 1.82) is 0 Å². The fraction of sp³-hybridized carbons (Fsp3) is 0. The fourth-order valence-electron chi connectivity index (χ4n) is 0.947. The van der Waals surface area contributed by atoms with Gasteiger partial charge in [0.1, 0.15) is 0 Å². The lowest BCUT2D eigenvalue weighted by atomic mass is 10.3. The minimum atomic E-state index is 0.457.